The molecule has 21 heavy (non-hydrogen) atoms. The lowest BCUT2D eigenvalue weighted by Crippen LogP contribution is -2.40. The van der Waals surface area contributed by atoms with Crippen LogP contribution in [-0.4, -0.2) is 30.6 Å². The van der Waals surface area contributed by atoms with Crippen LogP contribution >= 0.6 is 0 Å². The van der Waals surface area contributed by atoms with Crippen LogP contribution in [0, 0.1) is 19.8 Å². The highest BCUT2D eigenvalue weighted by molar-refractivity contribution is 5.32. The van der Waals surface area contributed by atoms with Gasteiger partial charge in [-0.3, -0.25) is 4.90 Å². The van der Waals surface area contributed by atoms with Gasteiger partial charge in [-0.1, -0.05) is 23.8 Å². The lowest BCUT2D eigenvalue weighted by Gasteiger charge is -2.37. The minimum absolute atomic E-state index is 0.500. The van der Waals surface area contributed by atoms with Crippen molar-refractivity contribution < 1.29 is 0 Å². The van der Waals surface area contributed by atoms with E-state index < -0.39 is 0 Å². The molecule has 0 saturated carbocycles. The number of piperidine rings is 1. The molecule has 0 aliphatic carbocycles. The molecule has 2 nitrogen and oxygen atoms in total. The fourth-order valence-electron chi connectivity index (χ4n) is 3.65. The number of rotatable bonds is 5. The Balaban J connectivity index is 2.12. The molecule has 1 aliphatic heterocycles. The lowest BCUT2D eigenvalue weighted by atomic mass is 9.93. The van der Waals surface area contributed by atoms with Crippen molar-refractivity contribution in [3.63, 3.8) is 0 Å². The van der Waals surface area contributed by atoms with Crippen LogP contribution in [0.3, 0.4) is 0 Å². The first-order valence-corrected chi connectivity index (χ1v) is 8.52. The van der Waals surface area contributed by atoms with E-state index >= 15 is 0 Å². The summed E-state index contributed by atoms with van der Waals surface area (Å²) in [5.74, 6) is 0.849. The van der Waals surface area contributed by atoms with Crippen LogP contribution in [-0.2, 0) is 0 Å². The molecule has 1 saturated heterocycles. The van der Waals surface area contributed by atoms with E-state index in [-0.39, 0.29) is 0 Å². The van der Waals surface area contributed by atoms with Gasteiger partial charge in [-0.25, -0.2) is 0 Å². The normalized spacial score (nSPS) is 18.4. The van der Waals surface area contributed by atoms with Crippen LogP contribution in [0.1, 0.15) is 56.3 Å². The Bertz CT molecular complexity index is 447. The molecule has 1 fully saturated rings. The second-order valence-electron chi connectivity index (χ2n) is 7.02. The third-order valence-corrected chi connectivity index (χ3v) is 4.96. The zero-order chi connectivity index (χ0) is 15.4. The van der Waals surface area contributed by atoms with Crippen LogP contribution in [0.25, 0.3) is 0 Å². The Morgan fingerprint density at radius 2 is 1.81 bits per heavy atom. The molecular formula is C19H32N2. The van der Waals surface area contributed by atoms with Gasteiger partial charge in [0, 0.05) is 18.6 Å². The van der Waals surface area contributed by atoms with Gasteiger partial charge in [-0.15, -0.1) is 0 Å². The number of benzene rings is 1. The molecule has 0 spiro atoms. The highest BCUT2D eigenvalue weighted by Gasteiger charge is 2.24. The maximum absolute atomic E-state index is 3.47. The van der Waals surface area contributed by atoms with Crippen LogP contribution < -0.4 is 5.32 Å². The van der Waals surface area contributed by atoms with Crippen molar-refractivity contribution in [1.29, 1.82) is 0 Å². The third-order valence-electron chi connectivity index (χ3n) is 4.96. The fourth-order valence-corrected chi connectivity index (χ4v) is 3.65. The Morgan fingerprint density at radius 3 is 2.38 bits per heavy atom. The molecule has 1 heterocycles. The molecule has 0 aromatic heterocycles. The zero-order valence-electron chi connectivity index (χ0n) is 14.4. The third kappa shape index (κ3) is 4.31. The van der Waals surface area contributed by atoms with Crippen molar-refractivity contribution in [3.8, 4) is 0 Å². The smallest absolute Gasteiger partial charge is 0.0325 e. The van der Waals surface area contributed by atoms with E-state index in [1.165, 1.54) is 49.2 Å². The maximum Gasteiger partial charge on any atom is 0.0325 e. The number of aryl methyl sites for hydroxylation is 2. The molecule has 1 atom stereocenters. The van der Waals surface area contributed by atoms with E-state index in [0.29, 0.717) is 12.1 Å². The molecule has 118 valence electrons. The second kappa shape index (κ2) is 7.42. The van der Waals surface area contributed by atoms with Gasteiger partial charge in [-0.2, -0.15) is 0 Å². The summed E-state index contributed by atoms with van der Waals surface area (Å²) in [6, 6.07) is 7.99. The molecular weight excluding hydrogens is 256 g/mol. The van der Waals surface area contributed by atoms with Crippen LogP contribution in [0.5, 0.6) is 0 Å². The summed E-state index contributed by atoms with van der Waals surface area (Å²) < 4.78 is 0. The SMILES string of the molecule is Cc1ccc(C(C)N(CC2CCNCC2)C(C)C)c(C)c1. The standard InChI is InChI=1S/C19H32N2/c1-14(2)21(13-18-8-10-20-11-9-18)17(5)19-7-6-15(3)12-16(19)4/h6-7,12,14,17-18,20H,8-11,13H2,1-5H3. The number of nitrogens with one attached hydrogen (secondary N) is 1. The molecule has 2 heteroatoms. The van der Waals surface area contributed by atoms with Crippen molar-refractivity contribution in [2.45, 2.75) is 59.5 Å². The summed E-state index contributed by atoms with van der Waals surface area (Å²) in [7, 11) is 0. The lowest BCUT2D eigenvalue weighted by molar-refractivity contribution is 0.124. The first-order valence-electron chi connectivity index (χ1n) is 8.52. The van der Waals surface area contributed by atoms with E-state index in [2.05, 4.69) is 63.0 Å². The van der Waals surface area contributed by atoms with E-state index in [4.69, 9.17) is 0 Å². The Morgan fingerprint density at radius 1 is 1.14 bits per heavy atom. The Kier molecular flexibility index (Phi) is 5.83. The average Bonchev–Trinajstić information content (AvgIpc) is 2.45. The van der Waals surface area contributed by atoms with Gasteiger partial charge in [0.25, 0.3) is 0 Å². The largest absolute Gasteiger partial charge is 0.317 e. The molecule has 1 N–H and O–H groups in total. The van der Waals surface area contributed by atoms with E-state index in [0.717, 1.165) is 5.92 Å². The number of hydrogen-bond donors (Lipinski definition) is 1. The van der Waals surface area contributed by atoms with Crippen molar-refractivity contribution in [1.82, 2.24) is 10.2 Å². The summed E-state index contributed by atoms with van der Waals surface area (Å²) in [6.07, 6.45) is 2.64. The van der Waals surface area contributed by atoms with Crippen LogP contribution in [0.15, 0.2) is 18.2 Å². The molecule has 1 aromatic rings. The topological polar surface area (TPSA) is 15.3 Å². The summed E-state index contributed by atoms with van der Waals surface area (Å²) in [5.41, 5.74) is 4.28. The Hall–Kier alpha value is -0.860. The molecule has 0 radical (unpaired) electrons. The monoisotopic (exact) mass is 288 g/mol. The van der Waals surface area contributed by atoms with Crippen molar-refractivity contribution in [3.05, 3.63) is 34.9 Å². The molecule has 1 unspecified atom stereocenters. The maximum atomic E-state index is 3.47. The summed E-state index contributed by atoms with van der Waals surface area (Å²) in [4.78, 5) is 2.69. The van der Waals surface area contributed by atoms with E-state index in [9.17, 15) is 0 Å². The average molecular weight is 288 g/mol. The highest BCUT2D eigenvalue weighted by atomic mass is 15.2. The second-order valence-corrected chi connectivity index (χ2v) is 7.02. The first-order chi connectivity index (χ1) is 9.99. The van der Waals surface area contributed by atoms with Crippen LogP contribution in [0.4, 0.5) is 0 Å². The van der Waals surface area contributed by atoms with Gasteiger partial charge >= 0.3 is 0 Å². The van der Waals surface area contributed by atoms with Crippen molar-refractivity contribution in [2.75, 3.05) is 19.6 Å². The molecule has 1 aliphatic rings. The minimum atomic E-state index is 0.500. The van der Waals surface area contributed by atoms with E-state index in [1.54, 1.807) is 0 Å². The highest BCUT2D eigenvalue weighted by Crippen LogP contribution is 2.28. The van der Waals surface area contributed by atoms with Gasteiger partial charge in [0.1, 0.15) is 0 Å². The quantitative estimate of drug-likeness (QED) is 0.878. The van der Waals surface area contributed by atoms with Crippen molar-refractivity contribution >= 4 is 0 Å². The van der Waals surface area contributed by atoms with Gasteiger partial charge in [0.2, 0.25) is 0 Å². The summed E-state index contributed by atoms with van der Waals surface area (Å²) >= 11 is 0. The predicted molar refractivity (Wildman–Crippen MR) is 91.8 cm³/mol. The van der Waals surface area contributed by atoms with Gasteiger partial charge in [-0.05, 0) is 77.6 Å². The zero-order valence-corrected chi connectivity index (χ0v) is 14.4. The number of hydrogen-bond acceptors (Lipinski definition) is 2. The predicted octanol–water partition coefficient (Wildman–Crippen LogP) is 4.07. The van der Waals surface area contributed by atoms with E-state index in [1.807, 2.05) is 0 Å². The van der Waals surface area contributed by atoms with Crippen LogP contribution in [0.2, 0.25) is 0 Å². The fraction of sp³-hybridized carbons (Fsp3) is 0.684. The summed E-state index contributed by atoms with van der Waals surface area (Å²) in [5, 5.41) is 3.47. The summed E-state index contributed by atoms with van der Waals surface area (Å²) in [6.45, 7) is 15.1. The molecule has 2 rings (SSSR count). The number of nitrogens with zero attached hydrogens (tertiary/aromatic N) is 1. The Labute approximate surface area is 130 Å². The van der Waals surface area contributed by atoms with Crippen molar-refractivity contribution in [2.24, 2.45) is 5.92 Å². The van der Waals surface area contributed by atoms with Gasteiger partial charge < -0.3 is 5.32 Å². The minimum Gasteiger partial charge on any atom is -0.317 e. The first kappa shape index (κ1) is 16.5. The van der Waals surface area contributed by atoms with Gasteiger partial charge in [0.15, 0.2) is 0 Å². The molecule has 0 bridgehead atoms. The van der Waals surface area contributed by atoms with Gasteiger partial charge in [0.05, 0.1) is 0 Å². The molecule has 1 aromatic carbocycles. The molecule has 0 amide bonds.